The molecule has 0 bridgehead atoms. The molecule has 3 aromatic carbocycles. The lowest BCUT2D eigenvalue weighted by Crippen LogP contribution is -2.32. The second-order valence-electron chi connectivity index (χ2n) is 8.28. The molecule has 0 atom stereocenters. The summed E-state index contributed by atoms with van der Waals surface area (Å²) in [5.74, 6) is -0.372. The van der Waals surface area contributed by atoms with Crippen molar-refractivity contribution < 1.29 is 23.5 Å². The molecule has 2 heterocycles. The molecule has 0 aliphatic carbocycles. The molecule has 0 saturated carbocycles. The molecule has 7 nitrogen and oxygen atoms in total. The summed E-state index contributed by atoms with van der Waals surface area (Å²) in [5, 5.41) is 3.24. The zero-order valence-corrected chi connectivity index (χ0v) is 20.4. The monoisotopic (exact) mass is 515 g/mol. The Hall–Kier alpha value is -4.37. The number of fused-ring (bicyclic) bond motifs is 1. The predicted octanol–water partition coefficient (Wildman–Crippen LogP) is 5.53. The zero-order chi connectivity index (χ0) is 25.8. The Kier molecular flexibility index (Phi) is 7.04. The summed E-state index contributed by atoms with van der Waals surface area (Å²) in [7, 11) is 0. The third-order valence-corrected chi connectivity index (χ3v) is 6.66. The number of anilines is 1. The van der Waals surface area contributed by atoms with Crippen molar-refractivity contribution in [2.75, 3.05) is 18.5 Å². The van der Waals surface area contributed by atoms with E-state index < -0.39 is 0 Å². The molecule has 9 heteroatoms. The molecule has 1 fully saturated rings. The van der Waals surface area contributed by atoms with E-state index in [1.165, 1.54) is 29.2 Å². The van der Waals surface area contributed by atoms with Gasteiger partial charge in [0.05, 0.1) is 11.4 Å². The number of halogens is 1. The molecule has 1 N–H and O–H groups in total. The number of nitrogens with one attached hydrogen (secondary N) is 1. The number of para-hydroxylation sites is 2. The number of nitrogens with zero attached hydrogens (tertiary/aromatic N) is 2. The van der Waals surface area contributed by atoms with Crippen molar-refractivity contribution in [3.05, 3.63) is 101 Å². The summed E-state index contributed by atoms with van der Waals surface area (Å²) < 4.78 is 20.6. The Morgan fingerprint density at radius 1 is 0.973 bits per heavy atom. The smallest absolute Gasteiger partial charge is 0.293 e. The van der Waals surface area contributed by atoms with Gasteiger partial charge in [-0.3, -0.25) is 19.3 Å². The van der Waals surface area contributed by atoms with Crippen molar-refractivity contribution in [1.82, 2.24) is 9.47 Å². The van der Waals surface area contributed by atoms with Crippen LogP contribution in [0.3, 0.4) is 0 Å². The summed E-state index contributed by atoms with van der Waals surface area (Å²) in [6.07, 6.45) is 3.46. The molecule has 0 radical (unpaired) electrons. The number of carbonyl (C=O) groups is 3. The molecular weight excluding hydrogens is 493 g/mol. The first-order valence-corrected chi connectivity index (χ1v) is 12.4. The fourth-order valence-electron chi connectivity index (χ4n) is 4.01. The normalized spacial score (nSPS) is 14.5. The van der Waals surface area contributed by atoms with E-state index in [0.29, 0.717) is 16.3 Å². The van der Waals surface area contributed by atoms with Gasteiger partial charge in [-0.25, -0.2) is 4.39 Å². The zero-order valence-electron chi connectivity index (χ0n) is 19.6. The van der Waals surface area contributed by atoms with Gasteiger partial charge in [0.2, 0.25) is 5.91 Å². The van der Waals surface area contributed by atoms with Gasteiger partial charge in [-0.05, 0) is 60.3 Å². The number of hydrogen-bond acceptors (Lipinski definition) is 5. The van der Waals surface area contributed by atoms with Gasteiger partial charge in [0, 0.05) is 28.4 Å². The van der Waals surface area contributed by atoms with Crippen LogP contribution in [-0.2, 0) is 16.1 Å². The lowest BCUT2D eigenvalue weighted by atomic mass is 10.1. The predicted molar refractivity (Wildman–Crippen MR) is 142 cm³/mol. The van der Waals surface area contributed by atoms with Crippen LogP contribution in [-0.4, -0.2) is 39.7 Å². The maximum absolute atomic E-state index is 13.1. The lowest BCUT2D eigenvalue weighted by Gasteiger charge is -2.13. The molecule has 4 aromatic rings. The van der Waals surface area contributed by atoms with Gasteiger partial charge in [-0.15, -0.1) is 0 Å². The van der Waals surface area contributed by atoms with E-state index in [4.69, 9.17) is 4.74 Å². The van der Waals surface area contributed by atoms with E-state index >= 15 is 0 Å². The van der Waals surface area contributed by atoms with Crippen LogP contribution in [0.4, 0.5) is 14.9 Å². The summed E-state index contributed by atoms with van der Waals surface area (Å²) in [4.78, 5) is 39.6. The van der Waals surface area contributed by atoms with Crippen molar-refractivity contribution in [3.63, 3.8) is 0 Å². The molecular formula is C28H22FN3O4S. The molecule has 37 heavy (non-hydrogen) atoms. The maximum atomic E-state index is 13.1. The van der Waals surface area contributed by atoms with Crippen LogP contribution in [0.15, 0.2) is 90.0 Å². The van der Waals surface area contributed by atoms with Crippen molar-refractivity contribution in [2.24, 2.45) is 0 Å². The van der Waals surface area contributed by atoms with E-state index in [2.05, 4.69) is 5.32 Å². The second kappa shape index (κ2) is 10.7. The molecule has 0 unspecified atom stereocenters. The highest BCUT2D eigenvalue weighted by Crippen LogP contribution is 2.34. The van der Waals surface area contributed by atoms with Crippen LogP contribution in [0, 0.1) is 5.82 Å². The summed E-state index contributed by atoms with van der Waals surface area (Å²) in [6, 6.07) is 22.2. The van der Waals surface area contributed by atoms with E-state index in [9.17, 15) is 18.8 Å². The number of hydrogen-bond donors (Lipinski definition) is 1. The Bertz CT molecular complexity index is 1500. The molecule has 5 rings (SSSR count). The third-order valence-electron chi connectivity index (χ3n) is 5.75. The van der Waals surface area contributed by atoms with Crippen LogP contribution in [0.2, 0.25) is 0 Å². The largest absolute Gasteiger partial charge is 0.492 e. The van der Waals surface area contributed by atoms with E-state index in [1.807, 2.05) is 54.6 Å². The van der Waals surface area contributed by atoms with Gasteiger partial charge in [0.15, 0.2) is 0 Å². The number of aromatic nitrogens is 1. The fraction of sp³-hybridized carbons (Fsp3) is 0.107. The molecule has 1 aliphatic heterocycles. The van der Waals surface area contributed by atoms with Crippen LogP contribution >= 0.6 is 11.8 Å². The first-order chi connectivity index (χ1) is 18.0. The molecule has 0 spiro atoms. The van der Waals surface area contributed by atoms with Crippen molar-refractivity contribution in [3.8, 4) is 5.75 Å². The maximum Gasteiger partial charge on any atom is 0.293 e. The number of carbonyl (C=O) groups excluding carboxylic acids is 3. The minimum absolute atomic E-state index is 0.0179. The molecule has 3 amide bonds. The van der Waals surface area contributed by atoms with Crippen molar-refractivity contribution >= 4 is 51.5 Å². The van der Waals surface area contributed by atoms with Crippen LogP contribution in [0.5, 0.6) is 5.75 Å². The van der Waals surface area contributed by atoms with Gasteiger partial charge in [-0.2, -0.15) is 0 Å². The number of benzene rings is 3. The first kappa shape index (κ1) is 24.3. The standard InChI is InChI=1S/C28H22FN3O4S/c29-20-10-12-21(13-11-20)30-26(33)18-31-17-19(23-8-4-5-9-24(23)31)16-25-27(34)32(28(35)37-25)14-15-36-22-6-2-1-3-7-22/h1-13,16-17H,14-15,18H2,(H,30,33)/b25-16-. The quantitative estimate of drug-likeness (QED) is 0.312. The first-order valence-electron chi connectivity index (χ1n) is 11.5. The van der Waals surface area contributed by atoms with Gasteiger partial charge >= 0.3 is 0 Å². The number of rotatable bonds is 8. The van der Waals surface area contributed by atoms with Crippen LogP contribution in [0.1, 0.15) is 5.56 Å². The minimum Gasteiger partial charge on any atom is -0.492 e. The number of thioether (sulfide) groups is 1. The lowest BCUT2D eigenvalue weighted by molar-refractivity contribution is -0.123. The van der Waals surface area contributed by atoms with Crippen molar-refractivity contribution in [1.29, 1.82) is 0 Å². The van der Waals surface area contributed by atoms with Gasteiger partial charge in [-0.1, -0.05) is 36.4 Å². The topological polar surface area (TPSA) is 80.6 Å². The van der Waals surface area contributed by atoms with Gasteiger partial charge < -0.3 is 14.6 Å². The van der Waals surface area contributed by atoms with E-state index in [1.54, 1.807) is 16.8 Å². The van der Waals surface area contributed by atoms with Crippen LogP contribution in [0.25, 0.3) is 17.0 Å². The minimum atomic E-state index is -0.382. The van der Waals surface area contributed by atoms with E-state index in [0.717, 1.165) is 28.2 Å². The van der Waals surface area contributed by atoms with Crippen molar-refractivity contribution in [2.45, 2.75) is 6.54 Å². The molecule has 1 aromatic heterocycles. The number of imide groups is 1. The average Bonchev–Trinajstić information content (AvgIpc) is 3.37. The highest BCUT2D eigenvalue weighted by Gasteiger charge is 2.35. The third kappa shape index (κ3) is 5.57. The Morgan fingerprint density at radius 2 is 1.70 bits per heavy atom. The second-order valence-corrected chi connectivity index (χ2v) is 9.27. The summed E-state index contributed by atoms with van der Waals surface area (Å²) in [5.41, 5.74) is 2.02. The number of ether oxygens (including phenoxy) is 1. The van der Waals surface area contributed by atoms with E-state index in [-0.39, 0.29) is 42.6 Å². The molecule has 186 valence electrons. The van der Waals surface area contributed by atoms with Crippen LogP contribution < -0.4 is 10.1 Å². The number of amides is 3. The fourth-order valence-corrected chi connectivity index (χ4v) is 4.87. The summed E-state index contributed by atoms with van der Waals surface area (Å²) >= 11 is 0.881. The SMILES string of the molecule is O=C(Cn1cc(/C=C2\SC(=O)N(CCOc3ccccc3)C2=O)c2ccccc21)Nc1ccc(F)cc1. The summed E-state index contributed by atoms with van der Waals surface area (Å²) in [6.45, 7) is 0.351. The van der Waals surface area contributed by atoms with Gasteiger partial charge in [0.1, 0.15) is 24.7 Å². The Morgan fingerprint density at radius 3 is 2.49 bits per heavy atom. The van der Waals surface area contributed by atoms with Gasteiger partial charge in [0.25, 0.3) is 11.1 Å². The Labute approximate surface area is 216 Å². The Balaban J connectivity index is 1.31. The molecule has 1 saturated heterocycles. The molecule has 1 aliphatic rings. The highest BCUT2D eigenvalue weighted by atomic mass is 32.2. The average molecular weight is 516 g/mol. The highest BCUT2D eigenvalue weighted by molar-refractivity contribution is 8.18.